The molecule has 8 N–H and O–H groups in total. The fourth-order valence-corrected chi connectivity index (χ4v) is 8.99. The van der Waals surface area contributed by atoms with Gasteiger partial charge >= 0.3 is 53.7 Å². The summed E-state index contributed by atoms with van der Waals surface area (Å²) in [4.78, 5) is 184. The Morgan fingerprint density at radius 2 is 0.777 bits per heavy atom. The molecule has 0 aliphatic rings. The van der Waals surface area contributed by atoms with E-state index < -0.39 is 151 Å². The van der Waals surface area contributed by atoms with Crippen molar-refractivity contribution in [1.82, 2.24) is 36.8 Å². The molecule has 586 valence electrons. The number of amides is 6. The summed E-state index contributed by atoms with van der Waals surface area (Å²) in [6.45, 7) is 13.5. The highest BCUT2D eigenvalue weighted by Crippen LogP contribution is 2.23. The number of carbonyl (C=O) groups is 15. The van der Waals surface area contributed by atoms with Crippen LogP contribution in [0.15, 0.2) is 22.9 Å². The minimum atomic E-state index is -1.95. The number of hydrogen-bond acceptors (Lipinski definition) is 31. The maximum atomic E-state index is 13.8. The molecule has 37 heteroatoms. The van der Waals surface area contributed by atoms with Gasteiger partial charge in [0, 0.05) is 148 Å². The topological polar surface area (TPSA) is 492 Å². The summed E-state index contributed by atoms with van der Waals surface area (Å²) in [5, 5.41) is 38.4. The Balaban J connectivity index is 5.94. The van der Waals surface area contributed by atoms with Crippen LogP contribution in [0.3, 0.4) is 0 Å². The van der Waals surface area contributed by atoms with E-state index in [4.69, 9.17) is 61.6 Å². The van der Waals surface area contributed by atoms with Gasteiger partial charge in [0.25, 0.3) is 0 Å². The van der Waals surface area contributed by atoms with Gasteiger partial charge in [-0.1, -0.05) is 0 Å². The van der Waals surface area contributed by atoms with Gasteiger partial charge in [-0.25, -0.2) is 0 Å². The lowest BCUT2D eigenvalue weighted by Crippen LogP contribution is -2.46. The van der Waals surface area contributed by atoms with Crippen LogP contribution in [0.25, 0.3) is 0 Å². The van der Waals surface area contributed by atoms with Crippen LogP contribution >= 0.6 is 0 Å². The van der Waals surface area contributed by atoms with E-state index in [-0.39, 0.29) is 128 Å². The van der Waals surface area contributed by atoms with Crippen LogP contribution in [0, 0.1) is 0 Å². The smallest absolute Gasteiger partial charge is 0.307 e. The number of aliphatic hydroxyl groups is 2. The van der Waals surface area contributed by atoms with Crippen LogP contribution < -0.4 is 31.9 Å². The Labute approximate surface area is 599 Å². The van der Waals surface area contributed by atoms with Crippen molar-refractivity contribution in [1.29, 1.82) is 0 Å². The number of carbonyl (C=O) groups excluding carboxylic acids is 15. The SMILES string of the molecule is CC(=O)NCC(OCCCCC(=O)NCCCNCCCN(CCCNC(=O)CCCCOC(O)/C(NC(C)=O)=C(\OC(C)=O)C(CCOC(C)=O)OC(C)=O)C(=O)CCCCOC(O)/C(NC(C)=O)=C(/OC(C)=O)C(CCOC(C)=O)OC(C)=O)OC(COC(C)=O)C(COC(C)=O)OC(C)=O. The molecule has 37 nitrogen and oxygen atoms in total. The highest BCUT2D eigenvalue weighted by Gasteiger charge is 2.34. The maximum absolute atomic E-state index is 13.8. The second-order valence-electron chi connectivity index (χ2n) is 22.9. The normalized spacial score (nSPS) is 13.5. The maximum Gasteiger partial charge on any atom is 0.307 e. The first-order chi connectivity index (χ1) is 48.6. The molecule has 0 saturated heterocycles. The van der Waals surface area contributed by atoms with E-state index >= 15 is 0 Å². The first kappa shape index (κ1) is 94.2. The zero-order valence-corrected chi connectivity index (χ0v) is 61.1. The van der Waals surface area contributed by atoms with Gasteiger partial charge in [-0.05, 0) is 70.9 Å². The summed E-state index contributed by atoms with van der Waals surface area (Å²) in [6, 6.07) is 0. The molecule has 0 rings (SSSR count). The zero-order valence-electron chi connectivity index (χ0n) is 61.1. The number of esters is 9. The average molecular weight is 1480 g/mol. The summed E-state index contributed by atoms with van der Waals surface area (Å²) >= 11 is 0. The van der Waals surface area contributed by atoms with Gasteiger partial charge in [0.15, 0.2) is 48.7 Å². The van der Waals surface area contributed by atoms with Crippen molar-refractivity contribution >= 4 is 89.2 Å². The van der Waals surface area contributed by atoms with Gasteiger partial charge in [-0.2, -0.15) is 0 Å². The molecular formula is C66H107N7O30. The van der Waals surface area contributed by atoms with Crippen molar-refractivity contribution in [2.45, 2.75) is 216 Å². The quantitative estimate of drug-likeness (QED) is 0.0135. The molecule has 0 aliphatic heterocycles. The van der Waals surface area contributed by atoms with Crippen molar-refractivity contribution in [3.63, 3.8) is 0 Å². The Kier molecular flexibility index (Phi) is 51.1. The van der Waals surface area contributed by atoms with E-state index in [1.807, 2.05) is 0 Å². The molecule has 0 aromatic rings. The van der Waals surface area contributed by atoms with Crippen molar-refractivity contribution in [2.24, 2.45) is 0 Å². The number of nitrogens with one attached hydrogen (secondary N) is 6. The number of ether oxygens (including phenoxy) is 13. The third-order valence-corrected chi connectivity index (χ3v) is 13.4. The molecule has 0 spiro atoms. The number of rotatable bonds is 56. The molecule has 0 aromatic carbocycles. The fourth-order valence-electron chi connectivity index (χ4n) is 8.99. The monoisotopic (exact) mass is 1480 g/mol. The number of hydrogen-bond donors (Lipinski definition) is 8. The Morgan fingerprint density at radius 1 is 0.379 bits per heavy atom. The van der Waals surface area contributed by atoms with Crippen molar-refractivity contribution in [3.8, 4) is 0 Å². The van der Waals surface area contributed by atoms with Crippen LogP contribution in [0.2, 0.25) is 0 Å². The number of aliphatic hydroxyl groups excluding tert-OH is 2. The highest BCUT2D eigenvalue weighted by atomic mass is 16.7. The third kappa shape index (κ3) is 50.3. The largest absolute Gasteiger partial charge is 0.466 e. The molecule has 0 aromatic heterocycles. The summed E-state index contributed by atoms with van der Waals surface area (Å²) in [5.74, 6) is -10.5. The van der Waals surface area contributed by atoms with E-state index in [0.717, 1.165) is 76.2 Å². The summed E-state index contributed by atoms with van der Waals surface area (Å²) in [6.07, 6.45) is -7.44. The van der Waals surface area contributed by atoms with Crippen molar-refractivity contribution in [3.05, 3.63) is 22.9 Å². The predicted octanol–water partition coefficient (Wildman–Crippen LogP) is 0.501. The van der Waals surface area contributed by atoms with Crippen LogP contribution in [-0.2, 0) is 133 Å². The van der Waals surface area contributed by atoms with E-state index in [0.29, 0.717) is 58.3 Å². The predicted molar refractivity (Wildman–Crippen MR) is 356 cm³/mol. The summed E-state index contributed by atoms with van der Waals surface area (Å²) < 4.78 is 69.5. The minimum Gasteiger partial charge on any atom is -0.466 e. The van der Waals surface area contributed by atoms with Crippen molar-refractivity contribution < 1.29 is 144 Å². The van der Waals surface area contributed by atoms with Crippen molar-refractivity contribution in [2.75, 3.05) is 92.1 Å². The van der Waals surface area contributed by atoms with Gasteiger partial charge in [0.2, 0.25) is 35.4 Å². The van der Waals surface area contributed by atoms with E-state index in [1.54, 1.807) is 4.90 Å². The molecule has 0 fully saturated rings. The molecule has 0 bridgehead atoms. The van der Waals surface area contributed by atoms with Gasteiger partial charge in [-0.15, -0.1) is 0 Å². The Morgan fingerprint density at radius 3 is 1.18 bits per heavy atom. The lowest BCUT2D eigenvalue weighted by atomic mass is 10.1. The van der Waals surface area contributed by atoms with Crippen LogP contribution in [0.1, 0.15) is 173 Å². The molecular weight excluding hydrogens is 1370 g/mol. The average Bonchev–Trinajstić information content (AvgIpc) is 0.902. The Bertz CT molecular complexity index is 2800. The second kappa shape index (κ2) is 55.8. The van der Waals surface area contributed by atoms with Gasteiger partial charge < -0.3 is 109 Å². The number of unbranched alkanes of at least 4 members (excludes halogenated alkanes) is 3. The van der Waals surface area contributed by atoms with Gasteiger partial charge in [-0.3, -0.25) is 71.9 Å². The third-order valence-electron chi connectivity index (χ3n) is 13.4. The molecule has 0 heterocycles. The minimum absolute atomic E-state index is 0.0170. The molecule has 0 radical (unpaired) electrons. The first-order valence-electron chi connectivity index (χ1n) is 33.7. The van der Waals surface area contributed by atoms with E-state index in [1.165, 1.54) is 6.92 Å². The lowest BCUT2D eigenvalue weighted by Gasteiger charge is -2.30. The zero-order chi connectivity index (χ0) is 77.8. The molecule has 103 heavy (non-hydrogen) atoms. The standard InChI is InChI=1S/C66H107N7O30/c1-41(74)70-38-60(103-56(40-97-47(7)80)55(100-50(10)83)39-96-46(6)79)93-33-16-13-22-57(86)68-29-19-27-67-28-20-31-73(59(88)24-15-18-35-95-66(90)62(72-43(3)76)64(102-52(12)85)54(99-49(9)82)26-37-92-45(5)78)32-21-30-69-58(87)23-14-17-34-94-65(89)61(71-42(2)75)63(101-51(11)84)53(98-48(8)81)25-36-91-44(4)77/h53-56,60,65-67,89-90H,13-40H2,1-12H3,(H,68,86)(H,69,87)(H,70,74)(H,71,75)(H,72,76)/b63-61+,64-62-. The van der Waals surface area contributed by atoms with Gasteiger partial charge in [0.1, 0.15) is 30.7 Å². The Hall–Kier alpha value is -8.75. The molecule has 7 atom stereocenters. The molecule has 0 saturated carbocycles. The summed E-state index contributed by atoms with van der Waals surface area (Å²) in [7, 11) is 0. The van der Waals surface area contributed by atoms with Gasteiger partial charge in [0.05, 0.1) is 33.0 Å². The first-order valence-corrected chi connectivity index (χ1v) is 33.7. The molecule has 0 aliphatic carbocycles. The lowest BCUT2D eigenvalue weighted by molar-refractivity contribution is -0.216. The van der Waals surface area contributed by atoms with Crippen LogP contribution in [-0.4, -0.2) is 240 Å². The molecule has 7 unspecified atom stereocenters. The summed E-state index contributed by atoms with van der Waals surface area (Å²) in [5.41, 5.74) is -0.916. The number of nitrogens with zero attached hydrogens (tertiary/aromatic N) is 1. The van der Waals surface area contributed by atoms with E-state index in [2.05, 4.69) is 31.9 Å². The highest BCUT2D eigenvalue weighted by molar-refractivity contribution is 5.78. The second-order valence-corrected chi connectivity index (χ2v) is 22.9. The van der Waals surface area contributed by atoms with E-state index in [9.17, 15) is 82.1 Å². The van der Waals surface area contributed by atoms with Crippen LogP contribution in [0.4, 0.5) is 0 Å². The van der Waals surface area contributed by atoms with Crippen LogP contribution in [0.5, 0.6) is 0 Å². The fraction of sp³-hybridized carbons (Fsp3) is 0.712. The molecule has 6 amide bonds.